The number of alkyl halides is 1. The van der Waals surface area contributed by atoms with E-state index in [4.69, 9.17) is 16.3 Å². The van der Waals surface area contributed by atoms with Gasteiger partial charge in [0.05, 0.1) is 13.2 Å². The third kappa shape index (κ3) is 5.17. The van der Waals surface area contributed by atoms with Gasteiger partial charge in [-0.1, -0.05) is 6.92 Å². The Hall–Kier alpha value is -0.280. The van der Waals surface area contributed by atoms with E-state index >= 15 is 0 Å². The number of carbonyl (C=O) groups is 1. The zero-order valence-corrected chi connectivity index (χ0v) is 10.8. The molecule has 0 aromatic carbocycles. The van der Waals surface area contributed by atoms with Gasteiger partial charge >= 0.3 is 0 Å². The van der Waals surface area contributed by atoms with E-state index in [2.05, 4.69) is 12.2 Å². The zero-order chi connectivity index (χ0) is 11.8. The maximum absolute atomic E-state index is 11.7. The van der Waals surface area contributed by atoms with E-state index < -0.39 is 0 Å². The summed E-state index contributed by atoms with van der Waals surface area (Å²) in [5.41, 5.74) is 0. The number of hydrogen-bond acceptors (Lipinski definition) is 2. The Morgan fingerprint density at radius 2 is 2.00 bits per heavy atom. The summed E-state index contributed by atoms with van der Waals surface area (Å²) < 4.78 is 5.19. The van der Waals surface area contributed by atoms with Gasteiger partial charge in [-0.15, -0.1) is 11.6 Å². The van der Waals surface area contributed by atoms with Crippen molar-refractivity contribution in [2.24, 2.45) is 11.8 Å². The molecule has 3 nitrogen and oxygen atoms in total. The van der Waals surface area contributed by atoms with Crippen molar-refractivity contribution in [3.8, 4) is 0 Å². The van der Waals surface area contributed by atoms with Gasteiger partial charge < -0.3 is 10.1 Å². The number of carbonyl (C=O) groups excluding carboxylic acids is 1. The number of ether oxygens (including phenoxy) is 1. The molecule has 1 amide bonds. The van der Waals surface area contributed by atoms with Crippen LogP contribution in [0.2, 0.25) is 0 Å². The summed E-state index contributed by atoms with van der Waals surface area (Å²) in [6, 6.07) is 0. The Kier molecular flexibility index (Phi) is 6.81. The fraction of sp³-hybridized carbons (Fsp3) is 0.917. The Labute approximate surface area is 103 Å². The predicted octanol–water partition coefficient (Wildman–Crippen LogP) is 2.18. The van der Waals surface area contributed by atoms with Crippen LogP contribution < -0.4 is 5.32 Å². The van der Waals surface area contributed by atoms with Crippen LogP contribution in [0.15, 0.2) is 0 Å². The monoisotopic (exact) mass is 247 g/mol. The van der Waals surface area contributed by atoms with Crippen LogP contribution in [0, 0.1) is 11.8 Å². The molecule has 1 aliphatic rings. The van der Waals surface area contributed by atoms with Crippen molar-refractivity contribution in [3.63, 3.8) is 0 Å². The molecule has 0 aromatic heterocycles. The SMILES string of the molecule is CC1CCC(C(=O)NCCOCCCl)CC1. The number of hydrogen-bond donors (Lipinski definition) is 1. The minimum atomic E-state index is 0.196. The summed E-state index contributed by atoms with van der Waals surface area (Å²) in [5, 5.41) is 2.92. The first kappa shape index (κ1) is 13.8. The van der Waals surface area contributed by atoms with Crippen LogP contribution in [-0.4, -0.2) is 31.5 Å². The second-order valence-electron chi connectivity index (χ2n) is 4.55. The number of nitrogens with one attached hydrogen (secondary N) is 1. The molecule has 1 aliphatic carbocycles. The van der Waals surface area contributed by atoms with E-state index in [0.29, 0.717) is 25.6 Å². The maximum Gasteiger partial charge on any atom is 0.223 e. The minimum absolute atomic E-state index is 0.196. The molecule has 0 spiro atoms. The van der Waals surface area contributed by atoms with Gasteiger partial charge in [0.15, 0.2) is 0 Å². The van der Waals surface area contributed by atoms with Gasteiger partial charge in [0, 0.05) is 18.3 Å². The third-order valence-corrected chi connectivity index (χ3v) is 3.31. The fourth-order valence-electron chi connectivity index (χ4n) is 2.07. The summed E-state index contributed by atoms with van der Waals surface area (Å²) in [4.78, 5) is 11.7. The standard InChI is InChI=1S/C12H22ClNO2/c1-10-2-4-11(5-3-10)12(15)14-7-9-16-8-6-13/h10-11H,2-9H2,1H3,(H,14,15). The topological polar surface area (TPSA) is 38.3 Å². The lowest BCUT2D eigenvalue weighted by atomic mass is 9.82. The molecule has 0 heterocycles. The van der Waals surface area contributed by atoms with Gasteiger partial charge in [0.25, 0.3) is 0 Å². The van der Waals surface area contributed by atoms with Gasteiger partial charge in [0.1, 0.15) is 0 Å². The number of rotatable bonds is 6. The van der Waals surface area contributed by atoms with Crippen LogP contribution in [0.4, 0.5) is 0 Å². The maximum atomic E-state index is 11.7. The molecule has 0 bridgehead atoms. The minimum Gasteiger partial charge on any atom is -0.378 e. The molecule has 0 saturated heterocycles. The van der Waals surface area contributed by atoms with Gasteiger partial charge in [0.2, 0.25) is 5.91 Å². The average Bonchev–Trinajstić information content (AvgIpc) is 2.29. The lowest BCUT2D eigenvalue weighted by Crippen LogP contribution is -2.35. The van der Waals surface area contributed by atoms with E-state index in [9.17, 15) is 4.79 Å². The number of amides is 1. The summed E-state index contributed by atoms with van der Waals surface area (Å²) in [7, 11) is 0. The van der Waals surface area contributed by atoms with Crippen molar-refractivity contribution >= 4 is 17.5 Å². The van der Waals surface area contributed by atoms with Crippen molar-refractivity contribution in [1.82, 2.24) is 5.32 Å². The van der Waals surface area contributed by atoms with Crippen LogP contribution in [0.1, 0.15) is 32.6 Å². The van der Waals surface area contributed by atoms with E-state index in [1.165, 1.54) is 12.8 Å². The molecule has 0 radical (unpaired) electrons. The predicted molar refractivity (Wildman–Crippen MR) is 65.7 cm³/mol. The first-order valence-corrected chi connectivity index (χ1v) is 6.69. The summed E-state index contributed by atoms with van der Waals surface area (Å²) >= 11 is 5.47. The average molecular weight is 248 g/mol. The highest BCUT2D eigenvalue weighted by atomic mass is 35.5. The van der Waals surface area contributed by atoms with Crippen molar-refractivity contribution in [3.05, 3.63) is 0 Å². The highest BCUT2D eigenvalue weighted by molar-refractivity contribution is 6.17. The zero-order valence-electron chi connectivity index (χ0n) is 10.0. The molecule has 4 heteroatoms. The van der Waals surface area contributed by atoms with Crippen LogP contribution in [0.3, 0.4) is 0 Å². The molecule has 0 unspecified atom stereocenters. The van der Waals surface area contributed by atoms with Gasteiger partial charge in [-0.25, -0.2) is 0 Å². The highest BCUT2D eigenvalue weighted by Gasteiger charge is 2.23. The molecule has 0 atom stereocenters. The fourth-order valence-corrected chi connectivity index (χ4v) is 2.18. The molecule has 94 valence electrons. The van der Waals surface area contributed by atoms with Crippen LogP contribution in [0.25, 0.3) is 0 Å². The van der Waals surface area contributed by atoms with Gasteiger partial charge in [-0.2, -0.15) is 0 Å². The lowest BCUT2D eigenvalue weighted by Gasteiger charge is -2.25. The molecule has 0 aliphatic heterocycles. The smallest absolute Gasteiger partial charge is 0.223 e. The van der Waals surface area contributed by atoms with Crippen LogP contribution >= 0.6 is 11.6 Å². The van der Waals surface area contributed by atoms with E-state index in [1.54, 1.807) is 0 Å². The highest BCUT2D eigenvalue weighted by Crippen LogP contribution is 2.28. The molecule has 1 saturated carbocycles. The normalized spacial score (nSPS) is 25.4. The van der Waals surface area contributed by atoms with Gasteiger partial charge in [-0.3, -0.25) is 4.79 Å². The quantitative estimate of drug-likeness (QED) is 0.577. The summed E-state index contributed by atoms with van der Waals surface area (Å²) in [5.74, 6) is 1.72. The Morgan fingerprint density at radius 3 is 2.62 bits per heavy atom. The van der Waals surface area contributed by atoms with Crippen molar-refractivity contribution in [2.45, 2.75) is 32.6 Å². The number of halogens is 1. The first-order chi connectivity index (χ1) is 7.74. The lowest BCUT2D eigenvalue weighted by molar-refractivity contribution is -0.126. The van der Waals surface area contributed by atoms with Gasteiger partial charge in [-0.05, 0) is 31.6 Å². The van der Waals surface area contributed by atoms with Crippen LogP contribution in [0.5, 0.6) is 0 Å². The van der Waals surface area contributed by atoms with E-state index in [1.807, 2.05) is 0 Å². The Morgan fingerprint density at radius 1 is 1.31 bits per heavy atom. The van der Waals surface area contributed by atoms with Crippen molar-refractivity contribution in [1.29, 1.82) is 0 Å². The second-order valence-corrected chi connectivity index (χ2v) is 4.93. The molecule has 1 N–H and O–H groups in total. The van der Waals surface area contributed by atoms with Crippen molar-refractivity contribution in [2.75, 3.05) is 25.6 Å². The molecule has 1 fully saturated rings. The first-order valence-electron chi connectivity index (χ1n) is 6.15. The molecule has 1 rings (SSSR count). The molecule has 16 heavy (non-hydrogen) atoms. The molecule has 0 aromatic rings. The second kappa shape index (κ2) is 7.91. The Bertz CT molecular complexity index is 203. The van der Waals surface area contributed by atoms with Crippen LogP contribution in [-0.2, 0) is 9.53 Å². The Balaban J connectivity index is 2.06. The third-order valence-electron chi connectivity index (χ3n) is 3.15. The van der Waals surface area contributed by atoms with E-state index in [0.717, 1.165) is 18.8 Å². The largest absolute Gasteiger partial charge is 0.378 e. The van der Waals surface area contributed by atoms with E-state index in [-0.39, 0.29) is 11.8 Å². The summed E-state index contributed by atoms with van der Waals surface area (Å²) in [6.07, 6.45) is 4.44. The summed E-state index contributed by atoms with van der Waals surface area (Å²) in [6.45, 7) is 3.97. The molecular weight excluding hydrogens is 226 g/mol. The molecular formula is C12H22ClNO2. The van der Waals surface area contributed by atoms with Crippen molar-refractivity contribution < 1.29 is 9.53 Å².